The second-order valence-electron chi connectivity index (χ2n) is 8.95. The van der Waals surface area contributed by atoms with Gasteiger partial charge >= 0.3 is 0 Å². The van der Waals surface area contributed by atoms with Gasteiger partial charge in [-0.25, -0.2) is 0 Å². The molecule has 1 heterocycles. The fraction of sp³-hybridized carbons (Fsp3) is 1.00. The normalized spacial score (nSPS) is 24.3. The van der Waals surface area contributed by atoms with E-state index in [0.717, 1.165) is 23.2 Å². The molecule has 0 bridgehead atoms. The third kappa shape index (κ3) is 5.58. The van der Waals surface area contributed by atoms with Crippen LogP contribution in [-0.2, 0) is 0 Å². The standard InChI is InChI=1S/C20H39N/c1-17(2)6-5-13-21-14-11-20(12-15-21)9-7-19(8-10-20)16-18(3)4/h17-19H,5-16H2,1-4H3. The minimum absolute atomic E-state index is 0.752. The first-order valence-corrected chi connectivity index (χ1v) is 9.71. The summed E-state index contributed by atoms with van der Waals surface area (Å²) in [6.45, 7) is 13.6. The van der Waals surface area contributed by atoms with E-state index < -0.39 is 0 Å². The van der Waals surface area contributed by atoms with Gasteiger partial charge in [0.25, 0.3) is 0 Å². The molecule has 0 aromatic heterocycles. The Kier molecular flexibility index (Phi) is 6.59. The number of piperidine rings is 1. The number of rotatable bonds is 6. The van der Waals surface area contributed by atoms with Crippen molar-refractivity contribution in [1.29, 1.82) is 0 Å². The number of hydrogen-bond acceptors (Lipinski definition) is 1. The van der Waals surface area contributed by atoms with Crippen LogP contribution in [-0.4, -0.2) is 24.5 Å². The SMILES string of the molecule is CC(C)CCCN1CCC2(CCC(CC(C)C)CC2)CC1. The first kappa shape index (κ1) is 17.3. The molecule has 2 aliphatic rings. The van der Waals surface area contributed by atoms with E-state index in [1.165, 1.54) is 77.4 Å². The highest BCUT2D eigenvalue weighted by Crippen LogP contribution is 2.47. The van der Waals surface area contributed by atoms with Gasteiger partial charge in [0.05, 0.1) is 0 Å². The first-order valence-electron chi connectivity index (χ1n) is 9.71. The average molecular weight is 294 g/mol. The van der Waals surface area contributed by atoms with Crippen LogP contribution in [0, 0.1) is 23.2 Å². The van der Waals surface area contributed by atoms with Gasteiger partial charge in [0.1, 0.15) is 0 Å². The highest BCUT2D eigenvalue weighted by molar-refractivity contribution is 4.90. The summed E-state index contributed by atoms with van der Waals surface area (Å²) < 4.78 is 0. The number of nitrogens with zero attached hydrogens (tertiary/aromatic N) is 1. The molecule has 21 heavy (non-hydrogen) atoms. The highest BCUT2D eigenvalue weighted by atomic mass is 15.1. The fourth-order valence-corrected chi connectivity index (χ4v) is 4.67. The van der Waals surface area contributed by atoms with E-state index in [9.17, 15) is 0 Å². The molecule has 0 N–H and O–H groups in total. The van der Waals surface area contributed by atoms with E-state index in [0.29, 0.717) is 0 Å². The summed E-state index contributed by atoms with van der Waals surface area (Å²) in [5.41, 5.74) is 0.752. The molecule has 0 radical (unpaired) electrons. The maximum Gasteiger partial charge on any atom is -0.00134 e. The van der Waals surface area contributed by atoms with E-state index in [1.54, 1.807) is 0 Å². The Balaban J connectivity index is 1.67. The van der Waals surface area contributed by atoms with Crippen LogP contribution in [0.15, 0.2) is 0 Å². The summed E-state index contributed by atoms with van der Waals surface area (Å²) in [7, 11) is 0. The second-order valence-corrected chi connectivity index (χ2v) is 8.95. The van der Waals surface area contributed by atoms with Crippen LogP contribution in [0.2, 0.25) is 0 Å². The number of likely N-dealkylation sites (tertiary alicyclic amines) is 1. The Hall–Kier alpha value is -0.0400. The van der Waals surface area contributed by atoms with Crippen molar-refractivity contribution in [3.8, 4) is 0 Å². The molecule has 124 valence electrons. The fourth-order valence-electron chi connectivity index (χ4n) is 4.67. The molecule has 1 spiro atoms. The van der Waals surface area contributed by atoms with Crippen molar-refractivity contribution in [3.05, 3.63) is 0 Å². The summed E-state index contributed by atoms with van der Waals surface area (Å²) in [5.74, 6) is 2.81. The molecule has 0 amide bonds. The maximum absolute atomic E-state index is 2.74. The van der Waals surface area contributed by atoms with Crippen molar-refractivity contribution in [2.24, 2.45) is 23.2 Å². The quantitative estimate of drug-likeness (QED) is 0.603. The van der Waals surface area contributed by atoms with Crippen LogP contribution >= 0.6 is 0 Å². The Morgan fingerprint density at radius 1 is 0.905 bits per heavy atom. The van der Waals surface area contributed by atoms with Crippen LogP contribution in [0.1, 0.15) is 85.5 Å². The minimum Gasteiger partial charge on any atom is -0.303 e. The van der Waals surface area contributed by atoms with E-state index in [1.807, 2.05) is 0 Å². The van der Waals surface area contributed by atoms with E-state index >= 15 is 0 Å². The maximum atomic E-state index is 2.74. The monoisotopic (exact) mass is 293 g/mol. The molecule has 2 rings (SSSR count). The highest BCUT2D eigenvalue weighted by Gasteiger charge is 2.37. The van der Waals surface area contributed by atoms with Crippen molar-refractivity contribution < 1.29 is 0 Å². The molecule has 1 saturated carbocycles. The lowest BCUT2D eigenvalue weighted by molar-refractivity contribution is 0.0477. The van der Waals surface area contributed by atoms with Crippen molar-refractivity contribution in [3.63, 3.8) is 0 Å². The van der Waals surface area contributed by atoms with Crippen LogP contribution < -0.4 is 0 Å². The van der Waals surface area contributed by atoms with E-state index in [-0.39, 0.29) is 0 Å². The summed E-state index contributed by atoms with van der Waals surface area (Å²) in [5, 5.41) is 0. The largest absolute Gasteiger partial charge is 0.303 e. The molecule has 1 heteroatoms. The van der Waals surface area contributed by atoms with Gasteiger partial charge in [-0.15, -0.1) is 0 Å². The molecule has 2 fully saturated rings. The Morgan fingerprint density at radius 3 is 2.05 bits per heavy atom. The summed E-state index contributed by atoms with van der Waals surface area (Å²) >= 11 is 0. The zero-order chi connectivity index (χ0) is 15.3. The molecule has 1 aliphatic heterocycles. The van der Waals surface area contributed by atoms with Gasteiger partial charge in [0, 0.05) is 0 Å². The summed E-state index contributed by atoms with van der Waals surface area (Å²) in [4.78, 5) is 2.74. The molecule has 0 atom stereocenters. The number of hydrogen-bond donors (Lipinski definition) is 0. The third-order valence-electron chi connectivity index (χ3n) is 6.14. The van der Waals surface area contributed by atoms with Crippen LogP contribution in [0.4, 0.5) is 0 Å². The zero-order valence-corrected chi connectivity index (χ0v) is 15.2. The lowest BCUT2D eigenvalue weighted by Crippen LogP contribution is -2.42. The van der Waals surface area contributed by atoms with Gasteiger partial charge < -0.3 is 4.90 Å². The third-order valence-corrected chi connectivity index (χ3v) is 6.14. The predicted molar refractivity (Wildman–Crippen MR) is 93.6 cm³/mol. The molecule has 1 saturated heterocycles. The lowest BCUT2D eigenvalue weighted by Gasteiger charge is -2.46. The molecular formula is C20H39N. The van der Waals surface area contributed by atoms with E-state index in [2.05, 4.69) is 32.6 Å². The lowest BCUT2D eigenvalue weighted by atomic mass is 9.64. The van der Waals surface area contributed by atoms with Gasteiger partial charge in [-0.05, 0) is 101 Å². The van der Waals surface area contributed by atoms with Gasteiger partial charge in [-0.3, -0.25) is 0 Å². The summed E-state index contributed by atoms with van der Waals surface area (Å²) in [6.07, 6.45) is 13.4. The van der Waals surface area contributed by atoms with Crippen molar-refractivity contribution in [2.75, 3.05) is 19.6 Å². The molecule has 0 unspecified atom stereocenters. The van der Waals surface area contributed by atoms with Crippen molar-refractivity contribution in [2.45, 2.75) is 85.5 Å². The Labute approximate surface area is 133 Å². The Morgan fingerprint density at radius 2 is 1.52 bits per heavy atom. The van der Waals surface area contributed by atoms with Gasteiger partial charge in [0.2, 0.25) is 0 Å². The summed E-state index contributed by atoms with van der Waals surface area (Å²) in [6, 6.07) is 0. The van der Waals surface area contributed by atoms with Crippen LogP contribution in [0.5, 0.6) is 0 Å². The predicted octanol–water partition coefficient (Wildman–Crippen LogP) is 5.74. The molecule has 0 aromatic carbocycles. The smallest absolute Gasteiger partial charge is 0.00134 e. The van der Waals surface area contributed by atoms with Gasteiger partial charge in [-0.2, -0.15) is 0 Å². The van der Waals surface area contributed by atoms with Gasteiger partial charge in [0.15, 0.2) is 0 Å². The van der Waals surface area contributed by atoms with Crippen LogP contribution in [0.25, 0.3) is 0 Å². The Bertz CT molecular complexity index is 276. The minimum atomic E-state index is 0.752. The molecule has 1 aliphatic carbocycles. The van der Waals surface area contributed by atoms with Crippen LogP contribution in [0.3, 0.4) is 0 Å². The second kappa shape index (κ2) is 7.99. The van der Waals surface area contributed by atoms with E-state index in [4.69, 9.17) is 0 Å². The van der Waals surface area contributed by atoms with Crippen molar-refractivity contribution >= 4 is 0 Å². The molecular weight excluding hydrogens is 254 g/mol. The zero-order valence-electron chi connectivity index (χ0n) is 15.2. The first-order chi connectivity index (χ1) is 9.99. The van der Waals surface area contributed by atoms with Gasteiger partial charge in [-0.1, -0.05) is 27.7 Å². The molecule has 1 nitrogen and oxygen atoms in total. The average Bonchev–Trinajstić information content (AvgIpc) is 2.43. The van der Waals surface area contributed by atoms with Crippen molar-refractivity contribution in [1.82, 2.24) is 4.90 Å². The topological polar surface area (TPSA) is 3.24 Å². The molecule has 0 aromatic rings.